The molecule has 0 radical (unpaired) electrons. The summed E-state index contributed by atoms with van der Waals surface area (Å²) in [6.45, 7) is 2.11. The first-order valence-electron chi connectivity index (χ1n) is 4.05. The molecule has 2 heterocycles. The van der Waals surface area contributed by atoms with Gasteiger partial charge in [0.05, 0.1) is 12.5 Å². The first kappa shape index (κ1) is 9.92. The van der Waals surface area contributed by atoms with Crippen molar-refractivity contribution in [3.63, 3.8) is 0 Å². The number of halogens is 1. The third-order valence-corrected chi connectivity index (χ3v) is 1.70. The summed E-state index contributed by atoms with van der Waals surface area (Å²) in [7, 11) is 0. The molecule has 2 aromatic rings. The monoisotopic (exact) mass is 198 g/mol. The minimum Gasteiger partial charge on any atom is -0.342 e. The minimum absolute atomic E-state index is 0. The van der Waals surface area contributed by atoms with E-state index in [4.69, 9.17) is 0 Å². The first-order chi connectivity index (χ1) is 5.90. The smallest absolute Gasteiger partial charge is 0.180 e. The largest absolute Gasteiger partial charge is 0.342 e. The van der Waals surface area contributed by atoms with Gasteiger partial charge in [-0.25, -0.2) is 15.0 Å². The van der Waals surface area contributed by atoms with Crippen LogP contribution >= 0.6 is 12.4 Å². The maximum atomic E-state index is 4.27. The number of aryl methyl sites for hydroxylation is 1. The van der Waals surface area contributed by atoms with Gasteiger partial charge in [0.25, 0.3) is 0 Å². The average molecular weight is 199 g/mol. The Balaban J connectivity index is 0.000000845. The maximum Gasteiger partial charge on any atom is 0.180 e. The number of H-pyrrole nitrogens is 1. The molecule has 0 aliphatic heterocycles. The summed E-state index contributed by atoms with van der Waals surface area (Å²) >= 11 is 0. The maximum absolute atomic E-state index is 4.27. The van der Waals surface area contributed by atoms with Crippen LogP contribution in [-0.4, -0.2) is 19.9 Å². The Morgan fingerprint density at radius 2 is 2.23 bits per heavy atom. The molecule has 0 aliphatic rings. The van der Waals surface area contributed by atoms with E-state index in [0.717, 1.165) is 29.8 Å². The number of nitrogens with zero attached hydrogens (tertiary/aromatic N) is 3. The second kappa shape index (κ2) is 4.18. The van der Waals surface area contributed by atoms with E-state index in [1.807, 2.05) is 0 Å². The molecule has 0 unspecified atom stereocenters. The summed E-state index contributed by atoms with van der Waals surface area (Å²) < 4.78 is 0. The van der Waals surface area contributed by atoms with Crippen LogP contribution in [0, 0.1) is 0 Å². The molecule has 4 nitrogen and oxygen atoms in total. The highest BCUT2D eigenvalue weighted by molar-refractivity contribution is 5.85. The van der Waals surface area contributed by atoms with E-state index in [0.29, 0.717) is 0 Å². The lowest BCUT2D eigenvalue weighted by atomic mass is 10.3. The molecule has 0 atom stereocenters. The summed E-state index contributed by atoms with van der Waals surface area (Å²) in [6, 6.07) is 0. The number of hydrogen-bond acceptors (Lipinski definition) is 3. The van der Waals surface area contributed by atoms with E-state index in [2.05, 4.69) is 26.9 Å². The van der Waals surface area contributed by atoms with Crippen molar-refractivity contribution in [3.05, 3.63) is 18.3 Å². The lowest BCUT2D eigenvalue weighted by Crippen LogP contribution is -1.93. The summed E-state index contributed by atoms with van der Waals surface area (Å²) in [5.41, 5.74) is 1.66. The Kier molecular flexibility index (Phi) is 3.19. The van der Waals surface area contributed by atoms with Crippen LogP contribution in [0.15, 0.2) is 12.5 Å². The van der Waals surface area contributed by atoms with E-state index < -0.39 is 0 Å². The first-order valence-corrected chi connectivity index (χ1v) is 4.05. The highest BCUT2D eigenvalue weighted by Crippen LogP contribution is 2.04. The zero-order valence-corrected chi connectivity index (χ0v) is 8.14. The van der Waals surface area contributed by atoms with Crippen LogP contribution in [0.2, 0.25) is 0 Å². The fourth-order valence-electron chi connectivity index (χ4n) is 1.12. The summed E-state index contributed by atoms with van der Waals surface area (Å²) in [4.78, 5) is 15.5. The van der Waals surface area contributed by atoms with Crippen LogP contribution < -0.4 is 0 Å². The molecule has 0 saturated heterocycles. The van der Waals surface area contributed by atoms with Crippen LogP contribution in [0.4, 0.5) is 0 Å². The van der Waals surface area contributed by atoms with Crippen LogP contribution in [0.5, 0.6) is 0 Å². The van der Waals surface area contributed by atoms with Gasteiger partial charge < -0.3 is 4.98 Å². The van der Waals surface area contributed by atoms with Gasteiger partial charge in [-0.2, -0.15) is 0 Å². The van der Waals surface area contributed by atoms with E-state index >= 15 is 0 Å². The van der Waals surface area contributed by atoms with Crippen molar-refractivity contribution < 1.29 is 0 Å². The molecule has 0 amide bonds. The molecule has 0 spiro atoms. The van der Waals surface area contributed by atoms with Gasteiger partial charge in [0.1, 0.15) is 11.3 Å². The molecule has 5 heteroatoms. The van der Waals surface area contributed by atoms with Crippen LogP contribution in [-0.2, 0) is 6.42 Å². The Labute approximate surface area is 82.2 Å². The third-order valence-electron chi connectivity index (χ3n) is 1.70. The van der Waals surface area contributed by atoms with Gasteiger partial charge in [0.15, 0.2) is 5.65 Å². The van der Waals surface area contributed by atoms with Gasteiger partial charge in [-0.05, 0) is 6.42 Å². The summed E-state index contributed by atoms with van der Waals surface area (Å²) in [5.74, 6) is 0.872. The lowest BCUT2D eigenvalue weighted by molar-refractivity contribution is 0.842. The number of hydrogen-bond donors (Lipinski definition) is 1. The number of fused-ring (bicyclic) bond motifs is 1. The summed E-state index contributed by atoms with van der Waals surface area (Å²) in [6.07, 6.45) is 5.40. The quantitative estimate of drug-likeness (QED) is 0.800. The highest BCUT2D eigenvalue weighted by Gasteiger charge is 1.99. The normalized spacial score (nSPS) is 9.92. The average Bonchev–Trinajstić information content (AvgIpc) is 2.51. The van der Waals surface area contributed by atoms with Crippen molar-refractivity contribution in [2.75, 3.05) is 0 Å². The molecule has 2 aromatic heterocycles. The Hall–Kier alpha value is -1.16. The van der Waals surface area contributed by atoms with E-state index in [1.54, 1.807) is 12.5 Å². The van der Waals surface area contributed by atoms with Gasteiger partial charge in [0, 0.05) is 6.42 Å². The molecule has 0 aromatic carbocycles. The van der Waals surface area contributed by atoms with E-state index in [9.17, 15) is 0 Å². The highest BCUT2D eigenvalue weighted by atomic mass is 35.5. The van der Waals surface area contributed by atoms with Gasteiger partial charge in [-0.15, -0.1) is 12.4 Å². The standard InChI is InChI=1S/C8H10N4.ClH/c1-2-3-7-9-4-6-8(12-7)11-5-10-6;/h4-5H,2-3H2,1H3,(H,9,10,11,12);1H. The zero-order chi connectivity index (χ0) is 8.39. The van der Waals surface area contributed by atoms with Crippen LogP contribution in [0.1, 0.15) is 19.2 Å². The fraction of sp³-hybridized carbons (Fsp3) is 0.375. The Morgan fingerprint density at radius 1 is 1.38 bits per heavy atom. The molecule has 0 fully saturated rings. The molecule has 2 rings (SSSR count). The third kappa shape index (κ3) is 1.95. The molecular weight excluding hydrogens is 188 g/mol. The minimum atomic E-state index is 0. The summed E-state index contributed by atoms with van der Waals surface area (Å²) in [5, 5.41) is 0. The number of rotatable bonds is 2. The SMILES string of the molecule is CCCc1ncc2[nH]cnc2n1.Cl. The molecule has 0 bridgehead atoms. The topological polar surface area (TPSA) is 54.5 Å². The number of aromatic nitrogens is 4. The molecule has 13 heavy (non-hydrogen) atoms. The van der Waals surface area contributed by atoms with Crippen molar-refractivity contribution in [1.29, 1.82) is 0 Å². The molecule has 70 valence electrons. The van der Waals surface area contributed by atoms with Crippen molar-refractivity contribution in [2.24, 2.45) is 0 Å². The van der Waals surface area contributed by atoms with E-state index in [-0.39, 0.29) is 12.4 Å². The van der Waals surface area contributed by atoms with Crippen molar-refractivity contribution in [3.8, 4) is 0 Å². The predicted octanol–water partition coefficient (Wildman–Crippen LogP) is 1.73. The van der Waals surface area contributed by atoms with Crippen LogP contribution in [0.25, 0.3) is 11.2 Å². The van der Waals surface area contributed by atoms with Gasteiger partial charge in [0.2, 0.25) is 0 Å². The number of aromatic amines is 1. The molecule has 0 aliphatic carbocycles. The molecule has 0 saturated carbocycles. The second-order valence-corrected chi connectivity index (χ2v) is 2.68. The van der Waals surface area contributed by atoms with Crippen molar-refractivity contribution >= 4 is 23.6 Å². The van der Waals surface area contributed by atoms with Gasteiger partial charge in [-0.1, -0.05) is 6.92 Å². The van der Waals surface area contributed by atoms with Crippen LogP contribution in [0.3, 0.4) is 0 Å². The Morgan fingerprint density at radius 3 is 3.00 bits per heavy atom. The Bertz CT molecular complexity index is 384. The molecule has 1 N–H and O–H groups in total. The zero-order valence-electron chi connectivity index (χ0n) is 7.32. The predicted molar refractivity (Wildman–Crippen MR) is 52.9 cm³/mol. The van der Waals surface area contributed by atoms with Crippen molar-refractivity contribution in [1.82, 2.24) is 19.9 Å². The second-order valence-electron chi connectivity index (χ2n) is 2.68. The number of imidazole rings is 1. The van der Waals surface area contributed by atoms with Crippen molar-refractivity contribution in [2.45, 2.75) is 19.8 Å². The lowest BCUT2D eigenvalue weighted by Gasteiger charge is -1.94. The van der Waals surface area contributed by atoms with E-state index in [1.165, 1.54) is 0 Å². The fourth-order valence-corrected chi connectivity index (χ4v) is 1.12. The van der Waals surface area contributed by atoms with Gasteiger partial charge in [-0.3, -0.25) is 0 Å². The van der Waals surface area contributed by atoms with Gasteiger partial charge >= 0.3 is 0 Å². The number of nitrogens with one attached hydrogen (secondary N) is 1. The molecular formula is C8H11ClN4.